The number of fused-ring (bicyclic) bond motifs is 1. The van der Waals surface area contributed by atoms with Crippen LogP contribution in [0, 0.1) is 0 Å². The first-order chi connectivity index (χ1) is 13.2. The highest BCUT2D eigenvalue weighted by atomic mass is 35.5. The van der Waals surface area contributed by atoms with Crippen molar-refractivity contribution in [1.29, 1.82) is 0 Å². The molecular weight excluding hydrogens is 362 g/mol. The van der Waals surface area contributed by atoms with Crippen molar-refractivity contribution in [2.45, 2.75) is 13.3 Å². The molecule has 2 heterocycles. The summed E-state index contributed by atoms with van der Waals surface area (Å²) in [5.41, 5.74) is 4.28. The van der Waals surface area contributed by atoms with Crippen LogP contribution in [0.25, 0.3) is 16.9 Å². The number of carbonyl (C=O) groups is 1. The molecule has 1 N–H and O–H groups in total. The lowest BCUT2D eigenvalue weighted by atomic mass is 10.1. The Kier molecular flexibility index (Phi) is 4.56. The van der Waals surface area contributed by atoms with E-state index in [2.05, 4.69) is 27.5 Å². The first-order valence-corrected chi connectivity index (χ1v) is 8.90. The second-order valence-corrected chi connectivity index (χ2v) is 6.43. The molecule has 0 aliphatic heterocycles. The van der Waals surface area contributed by atoms with Crippen molar-refractivity contribution in [2.24, 2.45) is 0 Å². The molecule has 0 aliphatic carbocycles. The minimum atomic E-state index is -0.263. The standard InChI is InChI=1S/C20H16ClN5O/c1-2-13-5-3-6-14(11-13)23-20(27)16-9-8-15(12-17(16)21)26-19-18(24-25-26)7-4-10-22-19/h3-12H,2H2,1H3,(H,23,27). The third-order valence-corrected chi connectivity index (χ3v) is 4.56. The Morgan fingerprint density at radius 1 is 1.15 bits per heavy atom. The van der Waals surface area contributed by atoms with E-state index in [1.54, 1.807) is 35.1 Å². The number of rotatable bonds is 4. The van der Waals surface area contributed by atoms with E-state index in [1.807, 2.05) is 30.3 Å². The summed E-state index contributed by atoms with van der Waals surface area (Å²) in [7, 11) is 0. The molecule has 27 heavy (non-hydrogen) atoms. The van der Waals surface area contributed by atoms with E-state index in [4.69, 9.17) is 11.6 Å². The number of nitrogens with zero attached hydrogens (tertiary/aromatic N) is 4. The average molecular weight is 378 g/mol. The molecule has 0 aliphatic rings. The zero-order chi connectivity index (χ0) is 18.8. The highest BCUT2D eigenvalue weighted by Crippen LogP contribution is 2.23. The van der Waals surface area contributed by atoms with E-state index in [9.17, 15) is 4.79 Å². The van der Waals surface area contributed by atoms with Crippen LogP contribution in [0.15, 0.2) is 60.8 Å². The first kappa shape index (κ1) is 17.2. The summed E-state index contributed by atoms with van der Waals surface area (Å²) in [6.45, 7) is 2.07. The van der Waals surface area contributed by atoms with Gasteiger partial charge in [0.05, 0.1) is 16.3 Å². The third kappa shape index (κ3) is 3.39. The van der Waals surface area contributed by atoms with Gasteiger partial charge in [0.1, 0.15) is 5.52 Å². The second-order valence-electron chi connectivity index (χ2n) is 6.02. The van der Waals surface area contributed by atoms with Gasteiger partial charge in [0.15, 0.2) is 5.65 Å². The van der Waals surface area contributed by atoms with Crippen molar-refractivity contribution >= 4 is 34.4 Å². The van der Waals surface area contributed by atoms with Crippen LogP contribution in [-0.4, -0.2) is 25.9 Å². The Morgan fingerprint density at radius 3 is 2.85 bits per heavy atom. The molecule has 6 nitrogen and oxygen atoms in total. The lowest BCUT2D eigenvalue weighted by Crippen LogP contribution is -2.13. The zero-order valence-electron chi connectivity index (χ0n) is 14.6. The van der Waals surface area contributed by atoms with Crippen LogP contribution in [0.5, 0.6) is 0 Å². The summed E-state index contributed by atoms with van der Waals surface area (Å²) in [6.07, 6.45) is 2.58. The van der Waals surface area contributed by atoms with Crippen molar-refractivity contribution in [2.75, 3.05) is 5.32 Å². The molecule has 2 aromatic carbocycles. The van der Waals surface area contributed by atoms with Gasteiger partial charge >= 0.3 is 0 Å². The summed E-state index contributed by atoms with van der Waals surface area (Å²) in [5.74, 6) is -0.263. The second kappa shape index (κ2) is 7.17. The molecule has 0 radical (unpaired) electrons. The van der Waals surface area contributed by atoms with Crippen LogP contribution < -0.4 is 5.32 Å². The smallest absolute Gasteiger partial charge is 0.257 e. The molecule has 4 rings (SSSR count). The topological polar surface area (TPSA) is 72.7 Å². The van der Waals surface area contributed by atoms with Gasteiger partial charge in [-0.3, -0.25) is 4.79 Å². The largest absolute Gasteiger partial charge is 0.322 e. The molecule has 0 spiro atoms. The average Bonchev–Trinajstić information content (AvgIpc) is 3.12. The number of aryl methyl sites for hydroxylation is 1. The summed E-state index contributed by atoms with van der Waals surface area (Å²) in [5, 5.41) is 11.4. The van der Waals surface area contributed by atoms with Crippen molar-refractivity contribution in [3.63, 3.8) is 0 Å². The molecule has 0 unspecified atom stereocenters. The van der Waals surface area contributed by atoms with Gasteiger partial charge in [0, 0.05) is 11.9 Å². The van der Waals surface area contributed by atoms with Crippen LogP contribution in [0.3, 0.4) is 0 Å². The molecule has 134 valence electrons. The fraction of sp³-hybridized carbons (Fsp3) is 0.100. The van der Waals surface area contributed by atoms with E-state index in [0.717, 1.165) is 17.7 Å². The number of hydrogen-bond donors (Lipinski definition) is 1. The number of nitrogens with one attached hydrogen (secondary N) is 1. The van der Waals surface area contributed by atoms with Crippen molar-refractivity contribution in [1.82, 2.24) is 20.0 Å². The van der Waals surface area contributed by atoms with Crippen LogP contribution >= 0.6 is 11.6 Å². The van der Waals surface area contributed by atoms with Gasteiger partial charge in [-0.25, -0.2) is 4.98 Å². The van der Waals surface area contributed by atoms with Crippen molar-refractivity contribution < 1.29 is 4.79 Å². The van der Waals surface area contributed by atoms with Gasteiger partial charge in [-0.15, -0.1) is 5.10 Å². The van der Waals surface area contributed by atoms with E-state index < -0.39 is 0 Å². The fourth-order valence-corrected chi connectivity index (χ4v) is 3.09. The SMILES string of the molecule is CCc1cccc(NC(=O)c2ccc(-n3nnc4cccnc43)cc2Cl)c1. The summed E-state index contributed by atoms with van der Waals surface area (Å²) in [4.78, 5) is 16.9. The predicted octanol–water partition coefficient (Wildman–Crippen LogP) is 4.28. The van der Waals surface area contributed by atoms with E-state index in [-0.39, 0.29) is 5.91 Å². The number of amides is 1. The Hall–Kier alpha value is -3.25. The van der Waals surface area contributed by atoms with Gasteiger partial charge < -0.3 is 5.32 Å². The number of aromatic nitrogens is 4. The van der Waals surface area contributed by atoms with Gasteiger partial charge in [-0.05, 0) is 54.4 Å². The highest BCUT2D eigenvalue weighted by Gasteiger charge is 2.14. The Bertz CT molecular complexity index is 1140. The summed E-state index contributed by atoms with van der Waals surface area (Å²) < 4.78 is 1.59. The number of anilines is 1. The maximum Gasteiger partial charge on any atom is 0.257 e. The monoisotopic (exact) mass is 377 g/mol. The lowest BCUT2D eigenvalue weighted by molar-refractivity contribution is 0.102. The van der Waals surface area contributed by atoms with Gasteiger partial charge in [0.2, 0.25) is 0 Å². The van der Waals surface area contributed by atoms with Crippen LogP contribution in [-0.2, 0) is 6.42 Å². The molecule has 0 saturated heterocycles. The highest BCUT2D eigenvalue weighted by molar-refractivity contribution is 6.34. The van der Waals surface area contributed by atoms with E-state index in [0.29, 0.717) is 27.4 Å². The third-order valence-electron chi connectivity index (χ3n) is 4.24. The minimum Gasteiger partial charge on any atom is -0.322 e. The van der Waals surface area contributed by atoms with E-state index >= 15 is 0 Å². The molecule has 0 saturated carbocycles. The first-order valence-electron chi connectivity index (χ1n) is 8.52. The molecule has 1 amide bonds. The fourth-order valence-electron chi connectivity index (χ4n) is 2.83. The molecular formula is C20H16ClN5O. The molecule has 2 aromatic heterocycles. The Labute approximate surface area is 160 Å². The molecule has 4 aromatic rings. The normalized spacial score (nSPS) is 10.9. The van der Waals surface area contributed by atoms with E-state index in [1.165, 1.54) is 0 Å². The Morgan fingerprint density at radius 2 is 2.04 bits per heavy atom. The Balaban J connectivity index is 1.62. The number of halogens is 1. The van der Waals surface area contributed by atoms with Gasteiger partial charge in [0.25, 0.3) is 5.91 Å². The lowest BCUT2D eigenvalue weighted by Gasteiger charge is -2.09. The number of pyridine rings is 1. The van der Waals surface area contributed by atoms with Crippen molar-refractivity contribution in [3.05, 3.63) is 76.9 Å². The zero-order valence-corrected chi connectivity index (χ0v) is 15.3. The maximum absolute atomic E-state index is 12.6. The van der Waals surface area contributed by atoms with Gasteiger partial charge in [-0.2, -0.15) is 4.68 Å². The molecule has 7 heteroatoms. The van der Waals surface area contributed by atoms with Crippen LogP contribution in [0.4, 0.5) is 5.69 Å². The minimum absolute atomic E-state index is 0.263. The number of hydrogen-bond acceptors (Lipinski definition) is 4. The van der Waals surface area contributed by atoms with Crippen molar-refractivity contribution in [3.8, 4) is 5.69 Å². The molecule has 0 bridgehead atoms. The molecule has 0 atom stereocenters. The summed E-state index contributed by atoms with van der Waals surface area (Å²) >= 11 is 6.37. The van der Waals surface area contributed by atoms with Gasteiger partial charge in [-0.1, -0.05) is 35.9 Å². The maximum atomic E-state index is 12.6. The summed E-state index contributed by atoms with van der Waals surface area (Å²) in [6, 6.07) is 16.5. The number of carbonyl (C=O) groups excluding carboxylic acids is 1. The predicted molar refractivity (Wildman–Crippen MR) is 105 cm³/mol. The quantitative estimate of drug-likeness (QED) is 0.576. The van der Waals surface area contributed by atoms with Crippen LogP contribution in [0.1, 0.15) is 22.8 Å². The molecule has 0 fully saturated rings. The van der Waals surface area contributed by atoms with Crippen LogP contribution in [0.2, 0.25) is 5.02 Å². The number of benzene rings is 2.